The molecule has 4 nitrogen and oxygen atoms in total. The van der Waals surface area contributed by atoms with E-state index in [0.717, 1.165) is 29.7 Å². The van der Waals surface area contributed by atoms with Crippen molar-refractivity contribution < 1.29 is 14.6 Å². The molecule has 0 radical (unpaired) electrons. The molecule has 1 N–H and O–H groups in total. The first kappa shape index (κ1) is 15.8. The smallest absolute Gasteiger partial charge is 0.260 e. The maximum absolute atomic E-state index is 12.2. The number of carbonyl (C=O) groups excluding carboxylic acids is 1. The Balaban J connectivity index is 1.99. The third-order valence-electron chi connectivity index (χ3n) is 3.89. The van der Waals surface area contributed by atoms with Crippen LogP contribution in [0.3, 0.4) is 0 Å². The van der Waals surface area contributed by atoms with Crippen LogP contribution in [0.1, 0.15) is 43.7 Å². The van der Waals surface area contributed by atoms with Gasteiger partial charge in [0.05, 0.1) is 6.10 Å². The summed E-state index contributed by atoms with van der Waals surface area (Å²) in [6.45, 7) is 7.41. The number of hydrogen-bond donors (Lipinski definition) is 1. The highest BCUT2D eigenvalue weighted by Gasteiger charge is 2.22. The fourth-order valence-electron chi connectivity index (χ4n) is 2.66. The summed E-state index contributed by atoms with van der Waals surface area (Å²) in [5, 5.41) is 9.63. The van der Waals surface area contributed by atoms with Crippen LogP contribution in [0.4, 0.5) is 0 Å². The summed E-state index contributed by atoms with van der Waals surface area (Å²) in [4.78, 5) is 13.9. The summed E-state index contributed by atoms with van der Waals surface area (Å²) in [6, 6.07) is 6.10. The fraction of sp³-hybridized carbons (Fsp3) is 0.588. The van der Waals surface area contributed by atoms with Crippen LogP contribution in [-0.2, 0) is 4.79 Å². The van der Waals surface area contributed by atoms with Gasteiger partial charge in [-0.05, 0) is 42.9 Å². The number of rotatable bonds is 4. The average molecular weight is 291 g/mol. The molecule has 1 amide bonds. The predicted octanol–water partition coefficient (Wildman–Crippen LogP) is 2.48. The monoisotopic (exact) mass is 291 g/mol. The molecule has 1 unspecified atom stereocenters. The zero-order valence-corrected chi connectivity index (χ0v) is 13.1. The third kappa shape index (κ3) is 4.21. The van der Waals surface area contributed by atoms with Crippen LogP contribution in [0.15, 0.2) is 18.2 Å². The molecule has 1 fully saturated rings. The number of benzene rings is 1. The summed E-state index contributed by atoms with van der Waals surface area (Å²) in [5.74, 6) is 1.09. The minimum atomic E-state index is -0.395. The van der Waals surface area contributed by atoms with Crippen LogP contribution in [0.25, 0.3) is 0 Å². The summed E-state index contributed by atoms with van der Waals surface area (Å²) in [7, 11) is 0. The van der Waals surface area contributed by atoms with Crippen molar-refractivity contribution in [1.29, 1.82) is 0 Å². The van der Waals surface area contributed by atoms with Crippen LogP contribution in [0.5, 0.6) is 5.75 Å². The van der Waals surface area contributed by atoms with Crippen molar-refractivity contribution in [1.82, 2.24) is 4.90 Å². The lowest BCUT2D eigenvalue weighted by Gasteiger charge is -2.30. The highest BCUT2D eigenvalue weighted by atomic mass is 16.5. The lowest BCUT2D eigenvalue weighted by Crippen LogP contribution is -2.44. The quantitative estimate of drug-likeness (QED) is 0.927. The second-order valence-electron chi connectivity index (χ2n) is 6.12. The number of likely N-dealkylation sites (tertiary alicyclic amines) is 1. The van der Waals surface area contributed by atoms with Crippen molar-refractivity contribution >= 4 is 5.91 Å². The number of aliphatic hydroxyl groups is 1. The molecule has 1 aromatic rings. The Kier molecular flexibility index (Phi) is 5.23. The lowest BCUT2D eigenvalue weighted by atomic mass is 10.0. The Hall–Kier alpha value is -1.55. The van der Waals surface area contributed by atoms with Crippen molar-refractivity contribution in [3.05, 3.63) is 29.3 Å². The van der Waals surface area contributed by atoms with Crippen molar-refractivity contribution in [3.8, 4) is 5.75 Å². The van der Waals surface area contributed by atoms with E-state index in [0.29, 0.717) is 19.0 Å². The van der Waals surface area contributed by atoms with Gasteiger partial charge in [-0.1, -0.05) is 26.0 Å². The van der Waals surface area contributed by atoms with Gasteiger partial charge in [-0.2, -0.15) is 0 Å². The van der Waals surface area contributed by atoms with E-state index in [-0.39, 0.29) is 12.5 Å². The maximum Gasteiger partial charge on any atom is 0.260 e. The number of aryl methyl sites for hydroxylation is 1. The highest BCUT2D eigenvalue weighted by molar-refractivity contribution is 5.78. The van der Waals surface area contributed by atoms with Gasteiger partial charge in [0.2, 0.25) is 0 Å². The van der Waals surface area contributed by atoms with E-state index in [9.17, 15) is 9.90 Å². The molecule has 2 rings (SSSR count). The SMILES string of the molecule is Cc1ccc(C(C)C)c(OCC(=O)N2CCCC(O)C2)c1. The van der Waals surface area contributed by atoms with Gasteiger partial charge >= 0.3 is 0 Å². The molecule has 116 valence electrons. The maximum atomic E-state index is 12.2. The van der Waals surface area contributed by atoms with E-state index in [2.05, 4.69) is 26.0 Å². The van der Waals surface area contributed by atoms with Gasteiger partial charge in [-0.25, -0.2) is 0 Å². The molecular formula is C17H25NO3. The Morgan fingerprint density at radius 3 is 2.90 bits per heavy atom. The standard InChI is InChI=1S/C17H25NO3/c1-12(2)15-7-6-13(3)9-16(15)21-11-17(20)18-8-4-5-14(19)10-18/h6-7,9,12,14,19H,4-5,8,10-11H2,1-3H3. The van der Waals surface area contributed by atoms with Crippen molar-refractivity contribution in [2.45, 2.75) is 45.6 Å². The first-order chi connectivity index (χ1) is 9.97. The van der Waals surface area contributed by atoms with Crippen LogP contribution >= 0.6 is 0 Å². The van der Waals surface area contributed by atoms with Gasteiger partial charge in [-0.3, -0.25) is 4.79 Å². The summed E-state index contributed by atoms with van der Waals surface area (Å²) < 4.78 is 5.76. The van der Waals surface area contributed by atoms with Crippen molar-refractivity contribution in [2.24, 2.45) is 0 Å². The van der Waals surface area contributed by atoms with Gasteiger partial charge in [0.15, 0.2) is 6.61 Å². The molecule has 21 heavy (non-hydrogen) atoms. The van der Waals surface area contributed by atoms with E-state index in [1.165, 1.54) is 0 Å². The molecule has 1 aliphatic rings. The number of hydrogen-bond acceptors (Lipinski definition) is 3. The Morgan fingerprint density at radius 2 is 2.24 bits per heavy atom. The number of amides is 1. The third-order valence-corrected chi connectivity index (χ3v) is 3.89. The first-order valence-corrected chi connectivity index (χ1v) is 7.66. The minimum absolute atomic E-state index is 0.0376. The molecule has 1 aliphatic heterocycles. The second kappa shape index (κ2) is 6.94. The van der Waals surface area contributed by atoms with Gasteiger partial charge in [-0.15, -0.1) is 0 Å². The van der Waals surface area contributed by atoms with E-state index in [1.54, 1.807) is 4.90 Å². The molecule has 0 aliphatic carbocycles. The molecule has 1 aromatic carbocycles. The fourth-order valence-corrected chi connectivity index (χ4v) is 2.66. The van der Waals surface area contributed by atoms with Gasteiger partial charge in [0.25, 0.3) is 5.91 Å². The molecule has 0 bridgehead atoms. The largest absolute Gasteiger partial charge is 0.483 e. The molecule has 1 saturated heterocycles. The Morgan fingerprint density at radius 1 is 1.48 bits per heavy atom. The number of piperidine rings is 1. The number of nitrogens with zero attached hydrogens (tertiary/aromatic N) is 1. The molecule has 0 aromatic heterocycles. The molecule has 1 heterocycles. The number of ether oxygens (including phenoxy) is 1. The summed E-state index contributed by atoms with van der Waals surface area (Å²) in [5.41, 5.74) is 2.24. The Labute approximate surface area is 126 Å². The molecule has 1 atom stereocenters. The second-order valence-corrected chi connectivity index (χ2v) is 6.12. The average Bonchev–Trinajstić information content (AvgIpc) is 2.44. The number of aliphatic hydroxyl groups excluding tert-OH is 1. The van der Waals surface area contributed by atoms with Gasteiger partial charge in [0, 0.05) is 13.1 Å². The molecule has 4 heteroatoms. The molecule has 0 spiro atoms. The lowest BCUT2D eigenvalue weighted by molar-refractivity contribution is -0.136. The van der Waals surface area contributed by atoms with E-state index in [4.69, 9.17) is 4.74 Å². The first-order valence-electron chi connectivity index (χ1n) is 7.66. The van der Waals surface area contributed by atoms with Crippen LogP contribution in [-0.4, -0.2) is 41.7 Å². The zero-order valence-electron chi connectivity index (χ0n) is 13.1. The van der Waals surface area contributed by atoms with Crippen LogP contribution in [0.2, 0.25) is 0 Å². The summed E-state index contributed by atoms with van der Waals surface area (Å²) >= 11 is 0. The number of β-amino-alcohol motifs (C(OH)–C–C–N with tert-alkyl or cyclic N) is 1. The van der Waals surface area contributed by atoms with Crippen molar-refractivity contribution in [2.75, 3.05) is 19.7 Å². The van der Waals surface area contributed by atoms with Gasteiger partial charge < -0.3 is 14.7 Å². The highest BCUT2D eigenvalue weighted by Crippen LogP contribution is 2.27. The molecular weight excluding hydrogens is 266 g/mol. The van der Waals surface area contributed by atoms with Gasteiger partial charge in [0.1, 0.15) is 5.75 Å². The topological polar surface area (TPSA) is 49.8 Å². The summed E-state index contributed by atoms with van der Waals surface area (Å²) in [6.07, 6.45) is 1.24. The van der Waals surface area contributed by atoms with Crippen LogP contribution in [0, 0.1) is 6.92 Å². The molecule has 0 saturated carbocycles. The normalized spacial score (nSPS) is 18.9. The van der Waals surface area contributed by atoms with E-state index in [1.807, 2.05) is 13.0 Å². The van der Waals surface area contributed by atoms with Crippen molar-refractivity contribution in [3.63, 3.8) is 0 Å². The Bertz CT molecular complexity index is 499. The zero-order chi connectivity index (χ0) is 15.4. The van der Waals surface area contributed by atoms with E-state index < -0.39 is 6.10 Å². The predicted molar refractivity (Wildman–Crippen MR) is 82.6 cm³/mol. The van der Waals surface area contributed by atoms with Crippen LogP contribution < -0.4 is 4.74 Å². The van der Waals surface area contributed by atoms with E-state index >= 15 is 0 Å². The number of carbonyl (C=O) groups is 1. The minimum Gasteiger partial charge on any atom is -0.483 e.